The summed E-state index contributed by atoms with van der Waals surface area (Å²) in [4.78, 5) is 12.3. The summed E-state index contributed by atoms with van der Waals surface area (Å²) in [7, 11) is 0. The third kappa shape index (κ3) is 3.76. The highest BCUT2D eigenvalue weighted by Gasteiger charge is 2.26. The molecule has 1 aromatic heterocycles. The van der Waals surface area contributed by atoms with Crippen LogP contribution in [0.1, 0.15) is 57.1 Å². The number of hydrogen-bond donors (Lipinski definition) is 2. The molecular formula is C15H25ClN2O2. The second-order valence-corrected chi connectivity index (χ2v) is 6.03. The van der Waals surface area contributed by atoms with E-state index in [0.29, 0.717) is 17.3 Å². The largest absolute Gasteiger partial charge is 0.396 e. The lowest BCUT2D eigenvalue weighted by Crippen LogP contribution is -2.40. The minimum Gasteiger partial charge on any atom is -0.396 e. The van der Waals surface area contributed by atoms with Gasteiger partial charge in [0, 0.05) is 24.2 Å². The van der Waals surface area contributed by atoms with Gasteiger partial charge in [-0.25, -0.2) is 0 Å². The normalized spacial score (nSPS) is 11.9. The zero-order valence-corrected chi connectivity index (χ0v) is 13.5. The first-order valence-corrected chi connectivity index (χ1v) is 7.53. The number of rotatable bonds is 7. The molecule has 1 amide bonds. The molecule has 5 heteroatoms. The lowest BCUT2D eigenvalue weighted by Gasteiger charge is -2.29. The molecule has 1 heterocycles. The molecule has 0 fully saturated rings. The molecule has 1 aromatic rings. The molecule has 20 heavy (non-hydrogen) atoms. The van der Waals surface area contributed by atoms with E-state index >= 15 is 0 Å². The lowest BCUT2D eigenvalue weighted by atomic mass is 9.83. The smallest absolute Gasteiger partial charge is 0.267 e. The summed E-state index contributed by atoms with van der Waals surface area (Å²) in [5.74, 6) is -0.148. The fourth-order valence-corrected chi connectivity index (χ4v) is 2.40. The van der Waals surface area contributed by atoms with E-state index in [4.69, 9.17) is 11.6 Å². The van der Waals surface area contributed by atoms with Crippen LogP contribution in [0.15, 0.2) is 12.3 Å². The van der Waals surface area contributed by atoms with Crippen LogP contribution in [0.4, 0.5) is 0 Å². The maximum absolute atomic E-state index is 12.3. The Kier molecular flexibility index (Phi) is 6.08. The number of aliphatic hydroxyl groups is 1. The Labute approximate surface area is 126 Å². The van der Waals surface area contributed by atoms with E-state index in [-0.39, 0.29) is 24.0 Å². The van der Waals surface area contributed by atoms with Crippen molar-refractivity contribution < 1.29 is 9.90 Å². The van der Waals surface area contributed by atoms with Crippen molar-refractivity contribution in [2.24, 2.45) is 5.41 Å². The molecule has 0 saturated carbocycles. The van der Waals surface area contributed by atoms with Gasteiger partial charge in [-0.2, -0.15) is 0 Å². The van der Waals surface area contributed by atoms with E-state index < -0.39 is 0 Å². The van der Waals surface area contributed by atoms with Crippen molar-refractivity contribution in [3.8, 4) is 0 Å². The molecule has 0 aliphatic heterocycles. The number of aliphatic hydroxyl groups excluding tert-OH is 1. The number of carbonyl (C=O) groups excluding carboxylic acids is 1. The Morgan fingerprint density at radius 1 is 1.45 bits per heavy atom. The van der Waals surface area contributed by atoms with Crippen LogP contribution in [0.2, 0.25) is 5.02 Å². The molecule has 0 saturated heterocycles. The molecule has 114 valence electrons. The van der Waals surface area contributed by atoms with Crippen molar-refractivity contribution in [3.05, 3.63) is 23.0 Å². The molecule has 4 nitrogen and oxygen atoms in total. The van der Waals surface area contributed by atoms with Gasteiger partial charge in [0.1, 0.15) is 5.69 Å². The minimum atomic E-state index is -0.241. The predicted molar refractivity (Wildman–Crippen MR) is 82.3 cm³/mol. The molecule has 2 N–H and O–H groups in total. The minimum absolute atomic E-state index is 0.0756. The first-order chi connectivity index (χ1) is 9.39. The summed E-state index contributed by atoms with van der Waals surface area (Å²) in [6, 6.07) is 1.85. The Morgan fingerprint density at radius 2 is 2.05 bits per heavy atom. The van der Waals surface area contributed by atoms with Crippen molar-refractivity contribution in [2.75, 3.05) is 13.2 Å². The Bertz CT molecular complexity index is 442. The summed E-state index contributed by atoms with van der Waals surface area (Å²) < 4.78 is 1.86. The third-order valence-electron chi connectivity index (χ3n) is 4.06. The van der Waals surface area contributed by atoms with E-state index in [2.05, 4.69) is 5.32 Å². The van der Waals surface area contributed by atoms with Gasteiger partial charge < -0.3 is 15.0 Å². The van der Waals surface area contributed by atoms with Crippen molar-refractivity contribution in [3.63, 3.8) is 0 Å². The zero-order valence-electron chi connectivity index (χ0n) is 12.7. The topological polar surface area (TPSA) is 54.3 Å². The molecule has 1 rings (SSSR count). The number of carbonyl (C=O) groups is 1. The summed E-state index contributed by atoms with van der Waals surface area (Å²) in [6.07, 6.45) is 3.42. The fraction of sp³-hybridized carbons (Fsp3) is 0.667. The number of aromatic nitrogens is 1. The first-order valence-electron chi connectivity index (χ1n) is 7.15. The highest BCUT2D eigenvalue weighted by Crippen LogP contribution is 2.25. The number of amides is 1. The number of hydrogen-bond acceptors (Lipinski definition) is 2. The van der Waals surface area contributed by atoms with Crippen LogP contribution in [-0.2, 0) is 0 Å². The van der Waals surface area contributed by atoms with Crippen LogP contribution in [0.25, 0.3) is 0 Å². The van der Waals surface area contributed by atoms with Gasteiger partial charge in [-0.1, -0.05) is 25.4 Å². The Morgan fingerprint density at radius 3 is 2.50 bits per heavy atom. The first kappa shape index (κ1) is 17.1. The monoisotopic (exact) mass is 300 g/mol. The maximum Gasteiger partial charge on any atom is 0.267 e. The van der Waals surface area contributed by atoms with E-state index in [0.717, 1.165) is 12.8 Å². The molecule has 0 atom stereocenters. The van der Waals surface area contributed by atoms with Gasteiger partial charge in [-0.15, -0.1) is 0 Å². The summed E-state index contributed by atoms with van der Waals surface area (Å²) in [5.41, 5.74) is 0.318. The maximum atomic E-state index is 12.3. The average molecular weight is 301 g/mol. The van der Waals surface area contributed by atoms with Crippen molar-refractivity contribution in [1.29, 1.82) is 0 Å². The van der Waals surface area contributed by atoms with Gasteiger partial charge in [0.2, 0.25) is 0 Å². The number of nitrogens with zero attached hydrogens (tertiary/aromatic N) is 1. The fourth-order valence-electron chi connectivity index (χ4n) is 2.19. The van der Waals surface area contributed by atoms with Gasteiger partial charge in [-0.3, -0.25) is 4.79 Å². The SMILES string of the molecule is CCC(CC)(CO)CNC(=O)c1cc(Cl)cn1C(C)C. The summed E-state index contributed by atoms with van der Waals surface area (Å²) in [5, 5.41) is 13.0. The molecule has 0 bridgehead atoms. The van der Waals surface area contributed by atoms with Gasteiger partial charge in [-0.05, 0) is 32.8 Å². The van der Waals surface area contributed by atoms with Crippen LogP contribution >= 0.6 is 11.6 Å². The summed E-state index contributed by atoms with van der Waals surface area (Å²) in [6.45, 7) is 8.61. The standard InChI is InChI=1S/C15H25ClN2O2/c1-5-15(6-2,10-19)9-17-14(20)13-7-12(16)8-18(13)11(3)4/h7-8,11,19H,5-6,9-10H2,1-4H3,(H,17,20). The van der Waals surface area contributed by atoms with Crippen LogP contribution in [0.5, 0.6) is 0 Å². The van der Waals surface area contributed by atoms with E-state index in [1.54, 1.807) is 12.3 Å². The molecule has 0 spiro atoms. The number of halogens is 1. The van der Waals surface area contributed by atoms with Gasteiger partial charge in [0.15, 0.2) is 0 Å². The Balaban J connectivity index is 2.82. The molecular weight excluding hydrogens is 276 g/mol. The quantitative estimate of drug-likeness (QED) is 0.812. The Hall–Kier alpha value is -1.00. The second kappa shape index (κ2) is 7.14. The van der Waals surface area contributed by atoms with Crippen LogP contribution in [-0.4, -0.2) is 28.7 Å². The predicted octanol–water partition coefficient (Wildman–Crippen LogP) is 3.25. The molecule has 0 radical (unpaired) electrons. The molecule has 0 unspecified atom stereocenters. The van der Waals surface area contributed by atoms with Crippen molar-refractivity contribution in [1.82, 2.24) is 9.88 Å². The van der Waals surface area contributed by atoms with Crippen LogP contribution in [0, 0.1) is 5.41 Å². The lowest BCUT2D eigenvalue weighted by molar-refractivity contribution is 0.0842. The zero-order chi connectivity index (χ0) is 15.3. The second-order valence-electron chi connectivity index (χ2n) is 5.59. The van der Waals surface area contributed by atoms with Gasteiger partial charge >= 0.3 is 0 Å². The molecule has 0 aliphatic carbocycles. The average Bonchev–Trinajstić information content (AvgIpc) is 2.83. The van der Waals surface area contributed by atoms with E-state index in [1.165, 1.54) is 0 Å². The van der Waals surface area contributed by atoms with Crippen LogP contribution in [0.3, 0.4) is 0 Å². The highest BCUT2D eigenvalue weighted by atomic mass is 35.5. The number of nitrogens with one attached hydrogen (secondary N) is 1. The van der Waals surface area contributed by atoms with Gasteiger partial charge in [0.25, 0.3) is 5.91 Å². The van der Waals surface area contributed by atoms with Crippen molar-refractivity contribution >= 4 is 17.5 Å². The highest BCUT2D eigenvalue weighted by molar-refractivity contribution is 6.31. The van der Waals surface area contributed by atoms with Crippen LogP contribution < -0.4 is 5.32 Å². The van der Waals surface area contributed by atoms with E-state index in [9.17, 15) is 9.90 Å². The van der Waals surface area contributed by atoms with Gasteiger partial charge in [0.05, 0.1) is 11.6 Å². The molecule has 0 aliphatic rings. The molecule has 0 aromatic carbocycles. The van der Waals surface area contributed by atoms with Crippen molar-refractivity contribution in [2.45, 2.75) is 46.6 Å². The van der Waals surface area contributed by atoms with E-state index in [1.807, 2.05) is 32.3 Å². The third-order valence-corrected chi connectivity index (χ3v) is 4.27. The summed E-state index contributed by atoms with van der Waals surface area (Å²) >= 11 is 5.98.